The molecule has 5 N–H and O–H groups in total. The summed E-state index contributed by atoms with van der Waals surface area (Å²) in [6, 6.07) is 0. The van der Waals surface area contributed by atoms with E-state index in [1.54, 1.807) is 0 Å². The molecule has 12 heteroatoms. The molecule has 0 aliphatic rings. The number of carbonyl (C=O) groups is 1. The molecule has 17 heavy (non-hydrogen) atoms. The fourth-order valence-electron chi connectivity index (χ4n) is 0.808. The van der Waals surface area contributed by atoms with Crippen LogP contribution in [0.2, 0.25) is 0 Å². The molecule has 10 nitrogen and oxygen atoms in total. The van der Waals surface area contributed by atoms with E-state index in [1.807, 2.05) is 0 Å². The van der Waals surface area contributed by atoms with Crippen LogP contribution >= 0.6 is 15.6 Å². The van der Waals surface area contributed by atoms with Crippen molar-refractivity contribution >= 4 is 21.9 Å². The molecule has 0 bridgehead atoms. The molecule has 0 aromatic rings. The van der Waals surface area contributed by atoms with Crippen LogP contribution in [0, 0.1) is 0 Å². The van der Waals surface area contributed by atoms with Gasteiger partial charge < -0.3 is 29.7 Å². The summed E-state index contributed by atoms with van der Waals surface area (Å²) in [4.78, 5) is 35.6. The topological polar surface area (TPSA) is 171 Å². The Labute approximate surface area is 95.7 Å². The normalized spacial score (nSPS) is 19.4. The molecular formula is C5H12O10P2. The minimum absolute atomic E-state index is 0.223. The maximum atomic E-state index is 11.0. The molecule has 0 amide bonds. The Hall–Kier alpha value is -0.150. The molecule has 102 valence electrons. The van der Waals surface area contributed by atoms with Crippen molar-refractivity contribution in [1.29, 1.82) is 0 Å². The van der Waals surface area contributed by atoms with Crippen LogP contribution < -0.4 is 0 Å². The van der Waals surface area contributed by atoms with E-state index in [9.17, 15) is 13.9 Å². The van der Waals surface area contributed by atoms with Crippen LogP contribution in [0.3, 0.4) is 0 Å². The molecule has 3 atom stereocenters. The average molecular weight is 294 g/mol. The lowest BCUT2D eigenvalue weighted by atomic mass is 10.2. The Morgan fingerprint density at radius 2 is 1.76 bits per heavy atom. The highest BCUT2D eigenvalue weighted by Gasteiger charge is 2.36. The first-order valence-electron chi connectivity index (χ1n) is 4.12. The van der Waals surface area contributed by atoms with Gasteiger partial charge in [0.05, 0.1) is 6.61 Å². The smallest absolute Gasteiger partial charge is 0.394 e. The summed E-state index contributed by atoms with van der Waals surface area (Å²) >= 11 is 0. The highest BCUT2D eigenvalue weighted by atomic mass is 31.3. The van der Waals surface area contributed by atoms with Crippen molar-refractivity contribution in [1.82, 2.24) is 0 Å². The number of hydrogen-bond donors (Lipinski definition) is 5. The van der Waals surface area contributed by atoms with Crippen molar-refractivity contribution in [2.24, 2.45) is 0 Å². The minimum Gasteiger partial charge on any atom is -0.394 e. The van der Waals surface area contributed by atoms with Crippen molar-refractivity contribution in [2.45, 2.75) is 18.6 Å². The second kappa shape index (κ2) is 6.69. The fraction of sp³-hybridized carbons (Fsp3) is 0.800. The maximum absolute atomic E-state index is 11.0. The summed E-state index contributed by atoms with van der Waals surface area (Å²) in [5.74, 6) is 0. The summed E-state index contributed by atoms with van der Waals surface area (Å²) in [5, 5.41) is 17.6. The number of hydrogen-bond acceptors (Lipinski definition) is 7. The third-order valence-corrected chi connectivity index (χ3v) is 3.64. The first kappa shape index (κ1) is 16.9. The van der Waals surface area contributed by atoms with Gasteiger partial charge in [-0.3, -0.25) is 4.52 Å². The standard InChI is InChI=1S/C5H12O10P2/c6-2-1-5(4(8)3-7)14-17(12,13)15-16(9,10)11/h2,4-5,7-8H,1,3H2,(H,12,13)(H2,9,10,11)/t4-,5+/m1/s1. The fourth-order valence-corrected chi connectivity index (χ4v) is 2.61. The molecule has 0 spiro atoms. The van der Waals surface area contributed by atoms with Gasteiger partial charge in [-0.05, 0) is 0 Å². The predicted molar refractivity (Wildman–Crippen MR) is 51.6 cm³/mol. The SMILES string of the molecule is O=CC[C@H](OP(=O)(O)OP(=O)(O)O)[C@H](O)CO. The van der Waals surface area contributed by atoms with E-state index in [4.69, 9.17) is 24.9 Å². The van der Waals surface area contributed by atoms with E-state index >= 15 is 0 Å². The highest BCUT2D eigenvalue weighted by molar-refractivity contribution is 7.60. The van der Waals surface area contributed by atoms with Gasteiger partial charge in [-0.25, -0.2) is 9.13 Å². The van der Waals surface area contributed by atoms with Gasteiger partial charge in [0.15, 0.2) is 0 Å². The van der Waals surface area contributed by atoms with Gasteiger partial charge in [-0.15, -0.1) is 0 Å². The predicted octanol–water partition coefficient (Wildman–Crippen LogP) is -1.48. The van der Waals surface area contributed by atoms with Crippen molar-refractivity contribution < 1.29 is 47.7 Å². The lowest BCUT2D eigenvalue weighted by Crippen LogP contribution is -2.31. The monoisotopic (exact) mass is 294 g/mol. The second-order valence-electron chi connectivity index (χ2n) is 2.84. The Kier molecular flexibility index (Phi) is 6.64. The summed E-state index contributed by atoms with van der Waals surface area (Å²) in [6.45, 7) is -0.881. The number of phosphoric acid groups is 2. The summed E-state index contributed by atoms with van der Waals surface area (Å²) in [7, 11) is -10.4. The first-order chi connectivity index (χ1) is 7.61. The van der Waals surface area contributed by atoms with Crippen LogP contribution in [0.15, 0.2) is 0 Å². The van der Waals surface area contributed by atoms with E-state index in [1.165, 1.54) is 0 Å². The van der Waals surface area contributed by atoms with E-state index in [-0.39, 0.29) is 6.29 Å². The van der Waals surface area contributed by atoms with Crippen LogP contribution in [0.25, 0.3) is 0 Å². The molecule has 0 fully saturated rings. The minimum atomic E-state index is -5.27. The van der Waals surface area contributed by atoms with Gasteiger partial charge >= 0.3 is 15.6 Å². The van der Waals surface area contributed by atoms with Crippen LogP contribution in [-0.4, -0.2) is 50.0 Å². The van der Waals surface area contributed by atoms with Gasteiger partial charge in [0.1, 0.15) is 18.5 Å². The van der Waals surface area contributed by atoms with Crippen molar-refractivity contribution in [2.75, 3.05) is 6.61 Å². The number of rotatable bonds is 8. The third kappa shape index (κ3) is 7.72. The zero-order chi connectivity index (χ0) is 13.7. The Morgan fingerprint density at radius 3 is 2.12 bits per heavy atom. The molecular weight excluding hydrogens is 282 g/mol. The van der Waals surface area contributed by atoms with E-state index in [2.05, 4.69) is 8.83 Å². The lowest BCUT2D eigenvalue weighted by molar-refractivity contribution is -0.111. The molecule has 0 aromatic heterocycles. The molecule has 0 aliphatic carbocycles. The average Bonchev–Trinajstić information content (AvgIpc) is 2.11. The van der Waals surface area contributed by atoms with Gasteiger partial charge in [0, 0.05) is 6.42 Å². The molecule has 0 saturated carbocycles. The lowest BCUT2D eigenvalue weighted by Gasteiger charge is -2.22. The van der Waals surface area contributed by atoms with Crippen LogP contribution in [0.1, 0.15) is 6.42 Å². The van der Waals surface area contributed by atoms with Gasteiger partial charge in [0.25, 0.3) is 0 Å². The van der Waals surface area contributed by atoms with Crippen LogP contribution in [0.5, 0.6) is 0 Å². The van der Waals surface area contributed by atoms with Crippen molar-refractivity contribution in [3.8, 4) is 0 Å². The maximum Gasteiger partial charge on any atom is 0.481 e. The molecule has 0 saturated heterocycles. The molecule has 0 rings (SSSR count). The summed E-state index contributed by atoms with van der Waals surface area (Å²) in [5.41, 5.74) is 0. The second-order valence-corrected chi connectivity index (χ2v) is 5.62. The number of aliphatic hydroxyl groups excluding tert-OH is 2. The Morgan fingerprint density at radius 1 is 1.24 bits per heavy atom. The van der Waals surface area contributed by atoms with Gasteiger partial charge in [-0.1, -0.05) is 0 Å². The first-order valence-corrected chi connectivity index (χ1v) is 7.14. The van der Waals surface area contributed by atoms with E-state index in [0.717, 1.165) is 0 Å². The number of carbonyl (C=O) groups excluding carboxylic acids is 1. The number of aliphatic hydroxyl groups is 2. The number of phosphoric ester groups is 1. The molecule has 1 unspecified atom stereocenters. The zero-order valence-corrected chi connectivity index (χ0v) is 10.1. The van der Waals surface area contributed by atoms with Crippen molar-refractivity contribution in [3.63, 3.8) is 0 Å². The Balaban J connectivity index is 4.68. The largest absolute Gasteiger partial charge is 0.481 e. The highest BCUT2D eigenvalue weighted by Crippen LogP contribution is 2.58. The van der Waals surface area contributed by atoms with E-state index in [0.29, 0.717) is 0 Å². The molecule has 0 heterocycles. The molecule has 0 aromatic carbocycles. The summed E-state index contributed by atoms with van der Waals surface area (Å²) < 4.78 is 29.0. The van der Waals surface area contributed by atoms with E-state index < -0.39 is 40.9 Å². The summed E-state index contributed by atoms with van der Waals surface area (Å²) in [6.07, 6.45) is -3.65. The third-order valence-electron chi connectivity index (χ3n) is 1.42. The number of aldehydes is 1. The van der Waals surface area contributed by atoms with Crippen LogP contribution in [-0.2, 0) is 22.8 Å². The van der Waals surface area contributed by atoms with Crippen molar-refractivity contribution in [3.05, 3.63) is 0 Å². The van der Waals surface area contributed by atoms with Crippen LogP contribution in [0.4, 0.5) is 0 Å². The van der Waals surface area contributed by atoms with Gasteiger partial charge in [-0.2, -0.15) is 4.31 Å². The Bertz CT molecular complexity index is 336. The molecule has 0 aliphatic heterocycles. The quantitative estimate of drug-likeness (QED) is 0.262. The van der Waals surface area contributed by atoms with Gasteiger partial charge in [0.2, 0.25) is 0 Å². The zero-order valence-electron chi connectivity index (χ0n) is 8.32. The molecule has 0 radical (unpaired) electrons.